The zero-order valence-electron chi connectivity index (χ0n) is 11.7. The lowest BCUT2D eigenvalue weighted by molar-refractivity contribution is -0.136. The van der Waals surface area contributed by atoms with Gasteiger partial charge in [-0.15, -0.1) is 0 Å². The SMILES string of the molecule is COCCC(C)N1CCC(=O)NC(C(C)C)C1=O. The van der Waals surface area contributed by atoms with Crippen LogP contribution >= 0.6 is 0 Å². The highest BCUT2D eigenvalue weighted by Crippen LogP contribution is 2.15. The monoisotopic (exact) mass is 256 g/mol. The normalized spacial score (nSPS) is 22.9. The van der Waals surface area contributed by atoms with Gasteiger partial charge in [-0.1, -0.05) is 13.8 Å². The molecule has 0 radical (unpaired) electrons. The second-order valence-electron chi connectivity index (χ2n) is 5.20. The average Bonchev–Trinajstić information content (AvgIpc) is 2.46. The summed E-state index contributed by atoms with van der Waals surface area (Å²) in [5.41, 5.74) is 0. The van der Waals surface area contributed by atoms with Crippen LogP contribution in [0.5, 0.6) is 0 Å². The number of hydrogen-bond donors (Lipinski definition) is 1. The molecule has 0 saturated carbocycles. The van der Waals surface area contributed by atoms with E-state index in [4.69, 9.17) is 4.74 Å². The second kappa shape index (κ2) is 6.73. The molecule has 5 nitrogen and oxygen atoms in total. The highest BCUT2D eigenvalue weighted by molar-refractivity contribution is 5.90. The molecule has 1 saturated heterocycles. The van der Waals surface area contributed by atoms with Gasteiger partial charge in [-0.2, -0.15) is 0 Å². The fourth-order valence-corrected chi connectivity index (χ4v) is 2.15. The molecule has 2 amide bonds. The van der Waals surface area contributed by atoms with Crippen molar-refractivity contribution in [2.45, 2.75) is 45.7 Å². The predicted octanol–water partition coefficient (Wildman–Crippen LogP) is 0.784. The second-order valence-corrected chi connectivity index (χ2v) is 5.20. The fraction of sp³-hybridized carbons (Fsp3) is 0.846. The molecule has 18 heavy (non-hydrogen) atoms. The van der Waals surface area contributed by atoms with Crippen molar-refractivity contribution in [1.29, 1.82) is 0 Å². The molecule has 2 atom stereocenters. The lowest BCUT2D eigenvalue weighted by atomic mass is 10.0. The number of nitrogens with zero attached hydrogens (tertiary/aromatic N) is 1. The molecular formula is C13H24N2O3. The topological polar surface area (TPSA) is 58.6 Å². The number of methoxy groups -OCH3 is 1. The summed E-state index contributed by atoms with van der Waals surface area (Å²) in [7, 11) is 1.65. The summed E-state index contributed by atoms with van der Waals surface area (Å²) < 4.78 is 5.04. The van der Waals surface area contributed by atoms with Gasteiger partial charge in [0.05, 0.1) is 0 Å². The Morgan fingerprint density at radius 1 is 1.39 bits per heavy atom. The van der Waals surface area contributed by atoms with Crippen molar-refractivity contribution in [2.75, 3.05) is 20.3 Å². The standard InChI is InChI=1S/C13H24N2O3/c1-9(2)12-13(17)15(7-5-11(16)14-12)10(3)6-8-18-4/h9-10,12H,5-8H2,1-4H3,(H,14,16). The molecule has 1 heterocycles. The summed E-state index contributed by atoms with van der Waals surface area (Å²) in [5, 5.41) is 2.81. The molecule has 1 aliphatic heterocycles. The van der Waals surface area contributed by atoms with Crippen LogP contribution in [0.4, 0.5) is 0 Å². The van der Waals surface area contributed by atoms with Crippen LogP contribution in [-0.4, -0.2) is 49.1 Å². The first-order valence-electron chi connectivity index (χ1n) is 6.56. The van der Waals surface area contributed by atoms with Gasteiger partial charge in [-0.25, -0.2) is 0 Å². The van der Waals surface area contributed by atoms with E-state index in [1.54, 1.807) is 7.11 Å². The molecular weight excluding hydrogens is 232 g/mol. The van der Waals surface area contributed by atoms with Gasteiger partial charge in [0.2, 0.25) is 11.8 Å². The first-order valence-corrected chi connectivity index (χ1v) is 6.56. The number of nitrogens with one attached hydrogen (secondary N) is 1. The van der Waals surface area contributed by atoms with Crippen LogP contribution in [0, 0.1) is 5.92 Å². The number of carbonyl (C=O) groups is 2. The summed E-state index contributed by atoms with van der Waals surface area (Å²) in [5.74, 6) is 0.0969. The third-order valence-electron chi connectivity index (χ3n) is 3.38. The molecule has 1 aliphatic rings. The number of carbonyl (C=O) groups excluding carboxylic acids is 2. The molecule has 0 spiro atoms. The zero-order chi connectivity index (χ0) is 13.7. The summed E-state index contributed by atoms with van der Waals surface area (Å²) in [6.07, 6.45) is 1.17. The molecule has 0 aliphatic carbocycles. The molecule has 5 heteroatoms. The van der Waals surface area contributed by atoms with Crippen LogP contribution in [0.2, 0.25) is 0 Å². The van der Waals surface area contributed by atoms with E-state index in [2.05, 4.69) is 5.32 Å². The number of amides is 2. The van der Waals surface area contributed by atoms with Crippen LogP contribution < -0.4 is 5.32 Å². The van der Waals surface area contributed by atoms with E-state index >= 15 is 0 Å². The fourth-order valence-electron chi connectivity index (χ4n) is 2.15. The van der Waals surface area contributed by atoms with Crippen molar-refractivity contribution in [3.05, 3.63) is 0 Å². The van der Waals surface area contributed by atoms with Crippen molar-refractivity contribution >= 4 is 11.8 Å². The van der Waals surface area contributed by atoms with E-state index in [1.165, 1.54) is 0 Å². The van der Waals surface area contributed by atoms with Gasteiger partial charge in [-0.05, 0) is 19.3 Å². The Morgan fingerprint density at radius 2 is 2.06 bits per heavy atom. The largest absolute Gasteiger partial charge is 0.385 e. The minimum absolute atomic E-state index is 0.0273. The van der Waals surface area contributed by atoms with Gasteiger partial charge < -0.3 is 15.0 Å². The number of rotatable bonds is 5. The maximum atomic E-state index is 12.4. The molecule has 1 fully saturated rings. The van der Waals surface area contributed by atoms with Crippen molar-refractivity contribution < 1.29 is 14.3 Å². The third kappa shape index (κ3) is 3.70. The van der Waals surface area contributed by atoms with Gasteiger partial charge in [-0.3, -0.25) is 9.59 Å². The predicted molar refractivity (Wildman–Crippen MR) is 69.1 cm³/mol. The Morgan fingerprint density at radius 3 is 2.61 bits per heavy atom. The van der Waals surface area contributed by atoms with E-state index in [-0.39, 0.29) is 23.8 Å². The highest BCUT2D eigenvalue weighted by atomic mass is 16.5. The lowest BCUT2D eigenvalue weighted by Crippen LogP contribution is -2.50. The molecule has 0 aromatic heterocycles. The van der Waals surface area contributed by atoms with Gasteiger partial charge in [0, 0.05) is 32.7 Å². The van der Waals surface area contributed by atoms with Crippen LogP contribution in [0.3, 0.4) is 0 Å². The molecule has 104 valence electrons. The third-order valence-corrected chi connectivity index (χ3v) is 3.38. The van der Waals surface area contributed by atoms with Crippen molar-refractivity contribution in [2.24, 2.45) is 5.92 Å². The summed E-state index contributed by atoms with van der Waals surface area (Å²) in [4.78, 5) is 25.8. The first-order chi connectivity index (χ1) is 8.47. The van der Waals surface area contributed by atoms with Crippen molar-refractivity contribution in [3.63, 3.8) is 0 Å². The van der Waals surface area contributed by atoms with Gasteiger partial charge >= 0.3 is 0 Å². The summed E-state index contributed by atoms with van der Waals surface area (Å²) in [6.45, 7) is 7.03. The van der Waals surface area contributed by atoms with E-state index < -0.39 is 6.04 Å². The van der Waals surface area contributed by atoms with Crippen LogP contribution in [0.15, 0.2) is 0 Å². The maximum Gasteiger partial charge on any atom is 0.245 e. The first kappa shape index (κ1) is 15.0. The molecule has 0 bridgehead atoms. The minimum Gasteiger partial charge on any atom is -0.385 e. The van der Waals surface area contributed by atoms with Crippen molar-refractivity contribution in [1.82, 2.24) is 10.2 Å². The Kier molecular flexibility index (Phi) is 5.59. The zero-order valence-corrected chi connectivity index (χ0v) is 11.7. The van der Waals surface area contributed by atoms with Crippen molar-refractivity contribution in [3.8, 4) is 0 Å². The Labute approximate surface area is 109 Å². The van der Waals surface area contributed by atoms with Crippen LogP contribution in [0.1, 0.15) is 33.6 Å². The van der Waals surface area contributed by atoms with Crippen LogP contribution in [-0.2, 0) is 14.3 Å². The average molecular weight is 256 g/mol. The number of ether oxygens (including phenoxy) is 1. The molecule has 0 aromatic carbocycles. The van der Waals surface area contributed by atoms with Gasteiger partial charge in [0.15, 0.2) is 0 Å². The quantitative estimate of drug-likeness (QED) is 0.791. The molecule has 2 unspecified atom stereocenters. The lowest BCUT2D eigenvalue weighted by Gasteiger charge is -2.31. The van der Waals surface area contributed by atoms with E-state index in [9.17, 15) is 9.59 Å². The van der Waals surface area contributed by atoms with Crippen LogP contribution in [0.25, 0.3) is 0 Å². The highest BCUT2D eigenvalue weighted by Gasteiger charge is 2.33. The molecule has 0 aromatic rings. The van der Waals surface area contributed by atoms with Gasteiger partial charge in [0.25, 0.3) is 0 Å². The molecule has 1 rings (SSSR count). The Hall–Kier alpha value is -1.10. The summed E-state index contributed by atoms with van der Waals surface area (Å²) in [6, 6.07) is -0.295. The Balaban J connectivity index is 2.76. The minimum atomic E-state index is -0.398. The van der Waals surface area contributed by atoms with E-state index in [1.807, 2.05) is 25.7 Å². The smallest absolute Gasteiger partial charge is 0.245 e. The van der Waals surface area contributed by atoms with Gasteiger partial charge in [0.1, 0.15) is 6.04 Å². The maximum absolute atomic E-state index is 12.4. The Bertz CT molecular complexity index is 305. The summed E-state index contributed by atoms with van der Waals surface area (Å²) >= 11 is 0. The molecule has 1 N–H and O–H groups in total. The van der Waals surface area contributed by atoms with E-state index in [0.29, 0.717) is 19.6 Å². The number of hydrogen-bond acceptors (Lipinski definition) is 3. The van der Waals surface area contributed by atoms with E-state index in [0.717, 1.165) is 6.42 Å².